The van der Waals surface area contributed by atoms with E-state index in [1.807, 2.05) is 7.11 Å². The van der Waals surface area contributed by atoms with Crippen molar-refractivity contribution in [2.75, 3.05) is 26.4 Å². The molecule has 6 heteroatoms. The summed E-state index contributed by atoms with van der Waals surface area (Å²) in [5, 5.41) is 0. The highest BCUT2D eigenvalue weighted by molar-refractivity contribution is 6.88. The Morgan fingerprint density at radius 3 is 2.37 bits per heavy atom. The van der Waals surface area contributed by atoms with Crippen LogP contribution in [0.1, 0.15) is 52.5 Å². The molecule has 30 heavy (non-hydrogen) atoms. The molecule has 0 amide bonds. The first-order chi connectivity index (χ1) is 14.1. The van der Waals surface area contributed by atoms with E-state index in [0.29, 0.717) is 11.5 Å². The molecule has 2 aliphatic rings. The summed E-state index contributed by atoms with van der Waals surface area (Å²) in [6.45, 7) is 15.8. The van der Waals surface area contributed by atoms with Gasteiger partial charge in [-0.2, -0.15) is 0 Å². The standard InChI is InChI=1S/C24H42BNO3Si/c1-23(2)24(3,4)29-25(28-23)22(16-15-20-12-9-8-10-13-20)30(6,7)19-26-17-11-14-21(26)18-27-5/h8-10,12-13,21-22H,11,14-19H2,1-7H3/t21-,22+/m0/s1. The van der Waals surface area contributed by atoms with Crippen LogP contribution in [0.4, 0.5) is 0 Å². The monoisotopic (exact) mass is 431 g/mol. The second kappa shape index (κ2) is 9.45. The SMILES string of the molecule is COC[C@@H]1CCCN1C[Si](C)(C)[C@H](CCc1ccccc1)B1OC(C)(C)C(C)(C)O1. The highest BCUT2D eigenvalue weighted by atomic mass is 28.3. The van der Waals surface area contributed by atoms with Crippen molar-refractivity contribution in [2.24, 2.45) is 0 Å². The maximum Gasteiger partial charge on any atom is 0.458 e. The molecule has 0 aromatic heterocycles. The van der Waals surface area contributed by atoms with Gasteiger partial charge in [0.2, 0.25) is 0 Å². The zero-order valence-corrected chi connectivity index (χ0v) is 21.2. The average molecular weight is 432 g/mol. The van der Waals surface area contributed by atoms with E-state index in [0.717, 1.165) is 19.4 Å². The molecule has 4 nitrogen and oxygen atoms in total. The topological polar surface area (TPSA) is 30.9 Å². The van der Waals surface area contributed by atoms with Gasteiger partial charge in [-0.25, -0.2) is 0 Å². The Morgan fingerprint density at radius 1 is 1.13 bits per heavy atom. The minimum atomic E-state index is -1.69. The maximum absolute atomic E-state index is 6.61. The summed E-state index contributed by atoms with van der Waals surface area (Å²) < 4.78 is 18.7. The molecule has 2 fully saturated rings. The van der Waals surface area contributed by atoms with Crippen molar-refractivity contribution in [3.05, 3.63) is 35.9 Å². The van der Waals surface area contributed by atoms with E-state index in [1.54, 1.807) is 0 Å². The van der Waals surface area contributed by atoms with Crippen molar-refractivity contribution < 1.29 is 14.0 Å². The summed E-state index contributed by atoms with van der Waals surface area (Å²) in [5.74, 6) is 0. The van der Waals surface area contributed by atoms with Gasteiger partial charge in [0.15, 0.2) is 0 Å². The number of aryl methyl sites for hydroxylation is 1. The van der Waals surface area contributed by atoms with Crippen LogP contribution in [0.5, 0.6) is 0 Å². The third-order valence-electron chi connectivity index (χ3n) is 7.66. The van der Waals surface area contributed by atoms with Gasteiger partial charge in [-0.05, 0) is 70.7 Å². The number of benzene rings is 1. The summed E-state index contributed by atoms with van der Waals surface area (Å²) in [5.41, 5.74) is 1.29. The highest BCUT2D eigenvalue weighted by Crippen LogP contribution is 2.44. The fourth-order valence-electron chi connectivity index (χ4n) is 5.04. The minimum Gasteiger partial charge on any atom is -0.403 e. The summed E-state index contributed by atoms with van der Waals surface area (Å²) in [7, 11) is 0.0119. The Hall–Kier alpha value is -0.658. The fraction of sp³-hybridized carbons (Fsp3) is 0.750. The summed E-state index contributed by atoms with van der Waals surface area (Å²) in [6, 6.07) is 11.4. The van der Waals surface area contributed by atoms with Gasteiger partial charge in [-0.1, -0.05) is 49.8 Å². The normalized spacial score (nSPS) is 25.0. The molecule has 1 aromatic carbocycles. The maximum atomic E-state index is 6.61. The number of hydrogen-bond acceptors (Lipinski definition) is 4. The fourth-order valence-corrected chi connectivity index (χ4v) is 8.54. The first kappa shape index (κ1) is 24.0. The van der Waals surface area contributed by atoms with Crippen molar-refractivity contribution in [1.82, 2.24) is 4.90 Å². The lowest BCUT2D eigenvalue weighted by atomic mass is 9.80. The molecule has 0 N–H and O–H groups in total. The molecule has 2 heterocycles. The molecule has 0 spiro atoms. The number of hydrogen-bond donors (Lipinski definition) is 0. The van der Waals surface area contributed by atoms with Crippen molar-refractivity contribution >= 4 is 15.2 Å². The van der Waals surface area contributed by atoms with Crippen LogP contribution in [0.2, 0.25) is 18.5 Å². The molecular formula is C24H42BNO3Si. The second-order valence-electron chi connectivity index (χ2n) is 11.0. The van der Waals surface area contributed by atoms with Crippen LogP contribution in [-0.2, 0) is 20.5 Å². The van der Waals surface area contributed by atoms with Crippen LogP contribution < -0.4 is 0 Å². The number of rotatable bonds is 9. The van der Waals surface area contributed by atoms with Crippen molar-refractivity contribution in [2.45, 2.75) is 89.2 Å². The number of methoxy groups -OCH3 is 1. The van der Waals surface area contributed by atoms with Crippen LogP contribution in [0.25, 0.3) is 0 Å². The molecule has 0 radical (unpaired) electrons. The number of ether oxygens (including phenoxy) is 1. The van der Waals surface area contributed by atoms with E-state index in [1.165, 1.54) is 31.1 Å². The smallest absolute Gasteiger partial charge is 0.403 e. The lowest BCUT2D eigenvalue weighted by Crippen LogP contribution is -2.53. The van der Waals surface area contributed by atoms with Crippen LogP contribution in [0, 0.1) is 0 Å². The van der Waals surface area contributed by atoms with E-state index in [4.69, 9.17) is 14.0 Å². The Morgan fingerprint density at radius 2 is 1.77 bits per heavy atom. The van der Waals surface area contributed by atoms with Crippen LogP contribution in [-0.4, -0.2) is 63.8 Å². The molecule has 2 aliphatic heterocycles. The largest absolute Gasteiger partial charge is 0.458 e. The van der Waals surface area contributed by atoms with Crippen molar-refractivity contribution in [1.29, 1.82) is 0 Å². The van der Waals surface area contributed by atoms with Crippen molar-refractivity contribution in [3.63, 3.8) is 0 Å². The molecule has 3 rings (SSSR count). The Bertz CT molecular complexity index is 666. The Kier molecular flexibility index (Phi) is 7.56. The van der Waals surface area contributed by atoms with Crippen molar-refractivity contribution in [3.8, 4) is 0 Å². The second-order valence-corrected chi connectivity index (χ2v) is 16.0. The third kappa shape index (κ3) is 5.39. The molecule has 2 atom stereocenters. The zero-order chi connectivity index (χ0) is 22.0. The van der Waals surface area contributed by atoms with E-state index < -0.39 is 8.07 Å². The quantitative estimate of drug-likeness (QED) is 0.516. The molecule has 0 bridgehead atoms. The Balaban J connectivity index is 1.79. The predicted molar refractivity (Wildman–Crippen MR) is 129 cm³/mol. The van der Waals surface area contributed by atoms with Crippen LogP contribution >= 0.6 is 0 Å². The highest BCUT2D eigenvalue weighted by Gasteiger charge is 2.56. The van der Waals surface area contributed by atoms with Gasteiger partial charge in [0.25, 0.3) is 0 Å². The van der Waals surface area contributed by atoms with Crippen LogP contribution in [0.15, 0.2) is 30.3 Å². The first-order valence-electron chi connectivity index (χ1n) is 11.7. The van der Waals surface area contributed by atoms with E-state index in [2.05, 4.69) is 76.0 Å². The van der Waals surface area contributed by atoms with E-state index in [-0.39, 0.29) is 18.3 Å². The van der Waals surface area contributed by atoms with Gasteiger partial charge in [0.05, 0.1) is 25.9 Å². The molecule has 1 aromatic rings. The van der Waals surface area contributed by atoms with Gasteiger partial charge < -0.3 is 18.9 Å². The molecule has 0 aliphatic carbocycles. The van der Waals surface area contributed by atoms with Gasteiger partial charge >= 0.3 is 7.12 Å². The molecular weight excluding hydrogens is 389 g/mol. The molecule has 2 saturated heterocycles. The zero-order valence-electron chi connectivity index (χ0n) is 20.2. The van der Waals surface area contributed by atoms with E-state index >= 15 is 0 Å². The average Bonchev–Trinajstić information content (AvgIpc) is 3.16. The van der Waals surface area contributed by atoms with Gasteiger partial charge in [-0.3, -0.25) is 0 Å². The summed E-state index contributed by atoms with van der Waals surface area (Å²) >= 11 is 0. The number of nitrogens with zero attached hydrogens (tertiary/aromatic N) is 1. The summed E-state index contributed by atoms with van der Waals surface area (Å²) in [4.78, 5) is 2.69. The minimum absolute atomic E-state index is 0.121. The van der Waals surface area contributed by atoms with Gasteiger partial charge in [0.1, 0.15) is 0 Å². The summed E-state index contributed by atoms with van der Waals surface area (Å²) in [6.07, 6.45) is 5.91. The lowest BCUT2D eigenvalue weighted by molar-refractivity contribution is 0.00578. The molecule has 0 saturated carbocycles. The Labute approximate surface area is 185 Å². The van der Waals surface area contributed by atoms with Crippen LogP contribution in [0.3, 0.4) is 0 Å². The number of likely N-dealkylation sites (tertiary alicyclic amines) is 1. The van der Waals surface area contributed by atoms with Gasteiger partial charge in [-0.15, -0.1) is 0 Å². The third-order valence-corrected chi connectivity index (χ3v) is 11.4. The molecule has 0 unspecified atom stereocenters. The molecule has 168 valence electrons. The van der Waals surface area contributed by atoms with Gasteiger partial charge in [0, 0.05) is 13.2 Å². The van der Waals surface area contributed by atoms with E-state index in [9.17, 15) is 0 Å². The first-order valence-corrected chi connectivity index (χ1v) is 15.0. The lowest BCUT2D eigenvalue weighted by Gasteiger charge is -2.39. The predicted octanol–water partition coefficient (Wildman–Crippen LogP) is 4.98.